The second-order valence-corrected chi connectivity index (χ2v) is 9.98. The molecule has 0 atom stereocenters. The van der Waals surface area contributed by atoms with Gasteiger partial charge in [0.25, 0.3) is 0 Å². The number of halogens is 1. The fraction of sp³-hybridized carbons (Fsp3) is 0.259. The zero-order chi connectivity index (χ0) is 24.3. The Morgan fingerprint density at radius 3 is 2.44 bits per heavy atom. The Morgan fingerprint density at radius 1 is 1.12 bits per heavy atom. The maximum absolute atomic E-state index is 11.5. The Hall–Kier alpha value is -3.19. The number of aliphatic hydroxyl groups excluding tert-OH is 1. The quantitative estimate of drug-likeness (QED) is 0.463. The summed E-state index contributed by atoms with van der Waals surface area (Å²) in [6.45, 7) is 1.92. The van der Waals surface area contributed by atoms with Crippen LogP contribution < -0.4 is 9.22 Å². The number of aryl methyl sites for hydroxylation is 1. The zero-order valence-electron chi connectivity index (χ0n) is 19.3. The second kappa shape index (κ2) is 7.94. The number of aliphatic hydroxyl groups is 1. The Bertz CT molecular complexity index is 1340. The normalized spacial score (nSPS) is 17.1. The van der Waals surface area contributed by atoms with Gasteiger partial charge in [-0.2, -0.15) is 4.99 Å². The number of hydrogen-bond acceptors (Lipinski definition) is 4. The lowest BCUT2D eigenvalue weighted by Gasteiger charge is -2.24. The number of rotatable bonds is 5. The molecule has 6 nitrogen and oxygen atoms in total. The highest BCUT2D eigenvalue weighted by Crippen LogP contribution is 2.49. The van der Waals surface area contributed by atoms with Crippen LogP contribution in [0.2, 0.25) is 5.02 Å². The number of carboxylic acids is 1. The van der Waals surface area contributed by atoms with Gasteiger partial charge in [-0.25, -0.2) is 9.28 Å². The molecule has 1 aliphatic heterocycles. The Kier molecular flexibility index (Phi) is 5.28. The number of aliphatic imine (C=N–C) groups is 1. The molecule has 0 aromatic heterocycles. The number of amidine groups is 1. The Labute approximate surface area is 203 Å². The van der Waals surface area contributed by atoms with Crippen molar-refractivity contribution in [2.75, 3.05) is 20.7 Å². The van der Waals surface area contributed by atoms with Crippen LogP contribution in [0.3, 0.4) is 0 Å². The summed E-state index contributed by atoms with van der Waals surface area (Å²) in [5.41, 5.74) is 5.43. The lowest BCUT2D eigenvalue weighted by molar-refractivity contribution is 0.0695. The van der Waals surface area contributed by atoms with Crippen molar-refractivity contribution in [3.05, 3.63) is 76.3 Å². The minimum absolute atomic E-state index is 0.0746. The standard InChI is InChI=1S/C27H25ClN2O4/c1-16-4-9-19(12-20(16)25(32)33)34-26-29-23-13-21(22(28)14-24(23)30(26,2)3)17-5-7-18(8-6-17)27(15-31)10-11-27/h4-9,12-14,31H,10-11,15H2,1-3H3/p+1. The van der Waals surface area contributed by atoms with E-state index in [2.05, 4.69) is 12.1 Å². The molecule has 2 N–H and O–H groups in total. The molecule has 0 amide bonds. The summed E-state index contributed by atoms with van der Waals surface area (Å²) < 4.78 is 6.31. The van der Waals surface area contributed by atoms with Crippen LogP contribution in [-0.2, 0) is 5.41 Å². The van der Waals surface area contributed by atoms with Crippen LogP contribution >= 0.6 is 11.6 Å². The van der Waals surface area contributed by atoms with Crippen LogP contribution in [0, 0.1) is 6.92 Å². The largest absolute Gasteiger partial charge is 0.478 e. The maximum atomic E-state index is 11.5. The van der Waals surface area contributed by atoms with Gasteiger partial charge >= 0.3 is 12.0 Å². The van der Waals surface area contributed by atoms with Crippen molar-refractivity contribution in [1.82, 2.24) is 4.48 Å². The molecule has 0 spiro atoms. The van der Waals surface area contributed by atoms with Crippen LogP contribution in [0.4, 0.5) is 11.4 Å². The van der Waals surface area contributed by atoms with Crippen molar-refractivity contribution < 1.29 is 19.7 Å². The molecule has 5 rings (SSSR count). The third-order valence-electron chi connectivity index (χ3n) is 6.97. The molecule has 0 bridgehead atoms. The van der Waals surface area contributed by atoms with Crippen molar-refractivity contribution in [2.24, 2.45) is 4.99 Å². The molecule has 0 saturated heterocycles. The first-order valence-corrected chi connectivity index (χ1v) is 11.5. The number of benzene rings is 3. The van der Waals surface area contributed by atoms with E-state index in [0.717, 1.165) is 40.9 Å². The molecule has 174 valence electrons. The van der Waals surface area contributed by atoms with Crippen molar-refractivity contribution in [1.29, 1.82) is 0 Å². The van der Waals surface area contributed by atoms with E-state index in [1.807, 2.05) is 38.4 Å². The van der Waals surface area contributed by atoms with Gasteiger partial charge in [0, 0.05) is 17.0 Å². The number of hydrogen-bond donors (Lipinski definition) is 2. The number of nitrogens with zero attached hydrogens (tertiary/aromatic N) is 2. The monoisotopic (exact) mass is 477 g/mol. The van der Waals surface area contributed by atoms with Crippen molar-refractivity contribution in [2.45, 2.75) is 25.2 Å². The molecule has 1 fully saturated rings. The van der Waals surface area contributed by atoms with Gasteiger partial charge in [0.05, 0.1) is 31.3 Å². The zero-order valence-corrected chi connectivity index (χ0v) is 20.1. The summed E-state index contributed by atoms with van der Waals surface area (Å²) in [5.74, 6) is -0.581. The van der Waals surface area contributed by atoms with E-state index >= 15 is 0 Å². The summed E-state index contributed by atoms with van der Waals surface area (Å²) in [6.07, 6.45) is 2.03. The summed E-state index contributed by atoms with van der Waals surface area (Å²) in [7, 11) is 3.90. The molecular formula is C27H26ClN2O4+. The fourth-order valence-electron chi connectivity index (χ4n) is 4.47. The van der Waals surface area contributed by atoms with Gasteiger partial charge < -0.3 is 14.9 Å². The lowest BCUT2D eigenvalue weighted by Crippen LogP contribution is -2.47. The topological polar surface area (TPSA) is 79.1 Å². The van der Waals surface area contributed by atoms with Gasteiger partial charge in [-0.15, -0.1) is 0 Å². The highest BCUT2D eigenvalue weighted by Gasteiger charge is 2.43. The smallest absolute Gasteiger partial charge is 0.409 e. The van der Waals surface area contributed by atoms with Crippen LogP contribution in [0.15, 0.2) is 59.6 Å². The molecule has 1 saturated carbocycles. The minimum atomic E-state index is -0.998. The first kappa shape index (κ1) is 22.6. The number of aromatic carboxylic acids is 1. The number of quaternary nitrogens is 1. The average molecular weight is 478 g/mol. The molecule has 0 unspecified atom stereocenters. The highest BCUT2D eigenvalue weighted by molar-refractivity contribution is 6.34. The summed E-state index contributed by atoms with van der Waals surface area (Å²) in [6, 6.07) is 17.5. The molecule has 7 heteroatoms. The fourth-order valence-corrected chi connectivity index (χ4v) is 4.74. The lowest BCUT2D eigenvalue weighted by atomic mass is 9.94. The van der Waals surface area contributed by atoms with E-state index in [9.17, 15) is 15.0 Å². The summed E-state index contributed by atoms with van der Waals surface area (Å²) >= 11 is 6.71. The van der Waals surface area contributed by atoms with Crippen LogP contribution in [0.1, 0.15) is 34.3 Å². The van der Waals surface area contributed by atoms with Gasteiger partial charge in [0.2, 0.25) is 0 Å². The second-order valence-electron chi connectivity index (χ2n) is 9.57. The van der Waals surface area contributed by atoms with Gasteiger partial charge in [-0.1, -0.05) is 41.9 Å². The van der Waals surface area contributed by atoms with E-state index in [4.69, 9.17) is 21.3 Å². The first-order chi connectivity index (χ1) is 16.1. The van der Waals surface area contributed by atoms with E-state index in [1.165, 1.54) is 6.07 Å². The third kappa shape index (κ3) is 3.68. The van der Waals surface area contributed by atoms with Gasteiger partial charge in [-0.05, 0) is 54.7 Å². The number of fused-ring (bicyclic) bond motifs is 1. The molecule has 3 aromatic rings. The molecular weight excluding hydrogens is 452 g/mol. The predicted octanol–water partition coefficient (Wildman–Crippen LogP) is 5.68. The Morgan fingerprint density at radius 2 is 1.82 bits per heavy atom. The van der Waals surface area contributed by atoms with Crippen LogP contribution in [-0.4, -0.2) is 42.9 Å². The summed E-state index contributed by atoms with van der Waals surface area (Å²) in [4.78, 5) is 16.2. The van der Waals surface area contributed by atoms with Gasteiger partial charge in [0.1, 0.15) is 11.4 Å². The number of carboxylic acid groups (broad SMARTS) is 1. The van der Waals surface area contributed by atoms with E-state index < -0.39 is 5.97 Å². The SMILES string of the molecule is Cc1ccc(OC2=Nc3cc(-c4ccc(C5(CO)CC5)cc4)c(Cl)cc3[N+]2(C)C)cc1C(=O)O. The molecule has 0 radical (unpaired) electrons. The number of carbonyl (C=O) groups is 1. The first-order valence-electron chi connectivity index (χ1n) is 11.2. The highest BCUT2D eigenvalue weighted by atomic mass is 35.5. The summed E-state index contributed by atoms with van der Waals surface area (Å²) in [5, 5.41) is 19.7. The molecule has 2 aliphatic rings. The van der Waals surface area contributed by atoms with Crippen LogP contribution in [0.5, 0.6) is 5.75 Å². The predicted molar refractivity (Wildman–Crippen MR) is 134 cm³/mol. The molecule has 3 aromatic carbocycles. The number of ether oxygens (including phenoxy) is 1. The van der Waals surface area contributed by atoms with Crippen molar-refractivity contribution >= 4 is 35.0 Å². The molecule has 1 aliphatic carbocycles. The van der Waals surface area contributed by atoms with Crippen molar-refractivity contribution in [3.63, 3.8) is 0 Å². The van der Waals surface area contributed by atoms with Crippen molar-refractivity contribution in [3.8, 4) is 16.9 Å². The average Bonchev–Trinajstić information content (AvgIpc) is 3.57. The van der Waals surface area contributed by atoms with Gasteiger partial charge in [0.15, 0.2) is 5.69 Å². The molecule has 1 heterocycles. The van der Waals surface area contributed by atoms with E-state index in [1.54, 1.807) is 19.1 Å². The van der Waals surface area contributed by atoms with Crippen LogP contribution in [0.25, 0.3) is 11.1 Å². The minimum Gasteiger partial charge on any atom is -0.478 e. The third-order valence-corrected chi connectivity index (χ3v) is 7.29. The maximum Gasteiger partial charge on any atom is 0.409 e. The Balaban J connectivity index is 1.48. The van der Waals surface area contributed by atoms with E-state index in [0.29, 0.717) is 22.4 Å². The molecule has 34 heavy (non-hydrogen) atoms. The van der Waals surface area contributed by atoms with Gasteiger partial charge in [-0.3, -0.25) is 0 Å². The van der Waals surface area contributed by atoms with E-state index in [-0.39, 0.29) is 22.1 Å².